The zero-order chi connectivity index (χ0) is 17.0. The first-order valence-electron chi connectivity index (χ1n) is 7.22. The minimum absolute atomic E-state index is 0.105. The summed E-state index contributed by atoms with van der Waals surface area (Å²) < 4.78 is 10.5. The van der Waals surface area contributed by atoms with Gasteiger partial charge in [-0.25, -0.2) is 0 Å². The van der Waals surface area contributed by atoms with E-state index in [1.54, 1.807) is 37.1 Å². The highest BCUT2D eigenvalue weighted by Gasteiger charge is 2.23. The lowest BCUT2D eigenvalue weighted by Crippen LogP contribution is -2.49. The normalized spacial score (nSPS) is 15.3. The molecule has 2 unspecified atom stereocenters. The van der Waals surface area contributed by atoms with Crippen LogP contribution in [-0.4, -0.2) is 60.9 Å². The zero-order valence-corrected chi connectivity index (χ0v) is 13.1. The molecular weight excluding hydrogens is 302 g/mol. The maximum absolute atomic E-state index is 12.5. The van der Waals surface area contributed by atoms with Crippen molar-refractivity contribution in [3.63, 3.8) is 0 Å². The molecule has 2 atom stereocenters. The first-order chi connectivity index (χ1) is 10.9. The molecular formula is C15H21N3O5. The van der Waals surface area contributed by atoms with Crippen LogP contribution in [0.4, 0.5) is 0 Å². The molecule has 1 aliphatic heterocycles. The maximum Gasteiger partial charge on any atom is 0.240 e. The summed E-state index contributed by atoms with van der Waals surface area (Å²) in [5.74, 6) is 0.592. The van der Waals surface area contributed by atoms with Crippen LogP contribution in [0, 0.1) is 0 Å². The number of ketones is 1. The lowest BCUT2D eigenvalue weighted by molar-refractivity contribution is -0.123. The van der Waals surface area contributed by atoms with E-state index in [9.17, 15) is 9.59 Å². The predicted octanol–water partition coefficient (Wildman–Crippen LogP) is -0.688. The molecule has 0 aromatic heterocycles. The molecule has 1 aliphatic rings. The fraction of sp³-hybridized carbons (Fsp3) is 0.467. The van der Waals surface area contributed by atoms with E-state index in [2.05, 4.69) is 5.32 Å². The van der Waals surface area contributed by atoms with Crippen LogP contribution >= 0.6 is 0 Å². The molecule has 0 spiro atoms. The van der Waals surface area contributed by atoms with Crippen molar-refractivity contribution in [2.45, 2.75) is 19.0 Å². The Balaban J connectivity index is 1.95. The largest absolute Gasteiger partial charge is 0.454 e. The lowest BCUT2D eigenvalue weighted by Gasteiger charge is -2.24. The average Bonchev–Trinajstić information content (AvgIpc) is 3.04. The van der Waals surface area contributed by atoms with E-state index in [0.717, 1.165) is 0 Å². The summed E-state index contributed by atoms with van der Waals surface area (Å²) >= 11 is 0. The maximum atomic E-state index is 12.5. The van der Waals surface area contributed by atoms with Crippen LogP contribution in [0.5, 0.6) is 11.5 Å². The van der Waals surface area contributed by atoms with Gasteiger partial charge < -0.3 is 25.6 Å². The Bertz CT molecular complexity index is 592. The van der Waals surface area contributed by atoms with Crippen LogP contribution in [-0.2, 0) is 4.79 Å². The number of aliphatic hydroxyl groups excluding tert-OH is 1. The fourth-order valence-corrected chi connectivity index (χ4v) is 2.04. The second kappa shape index (κ2) is 7.40. The van der Waals surface area contributed by atoms with Gasteiger partial charge in [0.2, 0.25) is 12.7 Å². The minimum Gasteiger partial charge on any atom is -0.454 e. The third kappa shape index (κ3) is 3.98. The minimum atomic E-state index is -0.969. The van der Waals surface area contributed by atoms with Gasteiger partial charge in [-0.15, -0.1) is 0 Å². The van der Waals surface area contributed by atoms with E-state index >= 15 is 0 Å². The summed E-state index contributed by atoms with van der Waals surface area (Å²) in [5, 5.41) is 11.4. The van der Waals surface area contributed by atoms with Crippen molar-refractivity contribution in [1.82, 2.24) is 10.2 Å². The summed E-state index contributed by atoms with van der Waals surface area (Å²) in [6.07, 6.45) is 0. The highest BCUT2D eigenvalue weighted by molar-refractivity contribution is 6.00. The molecule has 23 heavy (non-hydrogen) atoms. The van der Waals surface area contributed by atoms with Gasteiger partial charge in [-0.05, 0) is 32.2 Å². The van der Waals surface area contributed by atoms with Gasteiger partial charge in [0.25, 0.3) is 0 Å². The molecule has 126 valence electrons. The van der Waals surface area contributed by atoms with Crippen LogP contribution in [0.1, 0.15) is 17.3 Å². The Kier molecular flexibility index (Phi) is 5.54. The smallest absolute Gasteiger partial charge is 0.240 e. The molecule has 1 heterocycles. The highest BCUT2D eigenvalue weighted by Crippen LogP contribution is 2.32. The van der Waals surface area contributed by atoms with E-state index in [0.29, 0.717) is 17.1 Å². The number of carbonyl (C=O) groups excluding carboxylic acids is 2. The van der Waals surface area contributed by atoms with E-state index in [1.807, 2.05) is 0 Å². The van der Waals surface area contributed by atoms with Gasteiger partial charge in [0, 0.05) is 5.56 Å². The molecule has 0 bridgehead atoms. The van der Waals surface area contributed by atoms with Gasteiger partial charge in [-0.2, -0.15) is 0 Å². The van der Waals surface area contributed by atoms with E-state index in [1.165, 1.54) is 0 Å². The summed E-state index contributed by atoms with van der Waals surface area (Å²) in [6, 6.07) is 3.60. The summed E-state index contributed by atoms with van der Waals surface area (Å²) in [5.41, 5.74) is 5.91. The number of fused-ring (bicyclic) bond motifs is 1. The molecule has 1 aromatic carbocycles. The van der Waals surface area contributed by atoms with Crippen LogP contribution in [0.3, 0.4) is 0 Å². The monoisotopic (exact) mass is 323 g/mol. The molecule has 1 aromatic rings. The van der Waals surface area contributed by atoms with Crippen LogP contribution in [0.2, 0.25) is 0 Å². The number of likely N-dealkylation sites (N-methyl/N-ethyl adjacent to an activating group) is 1. The number of nitrogens with zero attached hydrogens (tertiary/aromatic N) is 1. The van der Waals surface area contributed by atoms with Gasteiger partial charge in [-0.3, -0.25) is 14.5 Å². The van der Waals surface area contributed by atoms with Gasteiger partial charge in [-0.1, -0.05) is 0 Å². The molecule has 0 aliphatic carbocycles. The SMILES string of the molecule is CC(C(=O)c1ccc2c(c1)OCO2)N(C)CNC(=O)C(N)CO. The van der Waals surface area contributed by atoms with Crippen molar-refractivity contribution in [3.05, 3.63) is 23.8 Å². The molecule has 0 radical (unpaired) electrons. The summed E-state index contributed by atoms with van der Waals surface area (Å²) in [4.78, 5) is 25.7. The topological polar surface area (TPSA) is 114 Å². The Hall–Kier alpha value is -2.16. The fourth-order valence-electron chi connectivity index (χ4n) is 2.04. The van der Waals surface area contributed by atoms with Crippen molar-refractivity contribution < 1.29 is 24.2 Å². The third-order valence-corrected chi connectivity index (χ3v) is 3.73. The molecule has 0 saturated carbocycles. The number of rotatable bonds is 7. The number of aliphatic hydroxyl groups is 1. The van der Waals surface area contributed by atoms with E-state index in [4.69, 9.17) is 20.3 Å². The van der Waals surface area contributed by atoms with Crippen molar-refractivity contribution >= 4 is 11.7 Å². The zero-order valence-electron chi connectivity index (χ0n) is 13.1. The standard InChI is InChI=1S/C15H21N3O5/c1-9(18(2)7-17-15(21)11(16)6-19)14(20)10-3-4-12-13(5-10)23-8-22-12/h3-5,9,11,19H,6-8,16H2,1-2H3,(H,17,21). The van der Waals surface area contributed by atoms with E-state index < -0.39 is 24.6 Å². The number of ether oxygens (including phenoxy) is 2. The molecule has 8 nitrogen and oxygen atoms in total. The molecule has 0 fully saturated rings. The summed E-state index contributed by atoms with van der Waals surface area (Å²) in [7, 11) is 1.71. The number of hydrogen-bond acceptors (Lipinski definition) is 7. The van der Waals surface area contributed by atoms with Crippen LogP contribution in [0.25, 0.3) is 0 Å². The number of Topliss-reactive ketones (excluding diaryl/α,β-unsaturated/α-hetero) is 1. The summed E-state index contributed by atoms with van der Waals surface area (Å²) in [6.45, 7) is 1.61. The van der Waals surface area contributed by atoms with Crippen molar-refractivity contribution in [2.75, 3.05) is 27.1 Å². The molecule has 0 saturated heterocycles. The van der Waals surface area contributed by atoms with Crippen LogP contribution in [0.15, 0.2) is 18.2 Å². The van der Waals surface area contributed by atoms with E-state index in [-0.39, 0.29) is 19.2 Å². The number of benzene rings is 1. The van der Waals surface area contributed by atoms with Crippen LogP contribution < -0.4 is 20.5 Å². The first kappa shape index (κ1) is 17.2. The van der Waals surface area contributed by atoms with Crippen molar-refractivity contribution in [2.24, 2.45) is 5.73 Å². The Morgan fingerprint density at radius 1 is 1.39 bits per heavy atom. The van der Waals surface area contributed by atoms with Gasteiger partial charge >= 0.3 is 0 Å². The second-order valence-electron chi connectivity index (χ2n) is 5.35. The molecule has 2 rings (SSSR count). The Morgan fingerprint density at radius 3 is 2.78 bits per heavy atom. The second-order valence-corrected chi connectivity index (χ2v) is 5.35. The number of hydrogen-bond donors (Lipinski definition) is 3. The van der Waals surface area contributed by atoms with Gasteiger partial charge in [0.1, 0.15) is 6.04 Å². The first-order valence-corrected chi connectivity index (χ1v) is 7.22. The highest BCUT2D eigenvalue weighted by atomic mass is 16.7. The number of nitrogens with two attached hydrogens (primary N) is 1. The number of nitrogens with one attached hydrogen (secondary N) is 1. The Labute approximate surface area is 134 Å². The lowest BCUT2D eigenvalue weighted by atomic mass is 10.0. The Morgan fingerprint density at radius 2 is 2.09 bits per heavy atom. The average molecular weight is 323 g/mol. The molecule has 4 N–H and O–H groups in total. The van der Waals surface area contributed by atoms with Gasteiger partial charge in [0.05, 0.1) is 19.3 Å². The number of carbonyl (C=O) groups is 2. The molecule has 1 amide bonds. The third-order valence-electron chi connectivity index (χ3n) is 3.73. The quantitative estimate of drug-likeness (QED) is 0.449. The van der Waals surface area contributed by atoms with Crippen molar-refractivity contribution in [1.29, 1.82) is 0 Å². The molecule has 8 heteroatoms. The van der Waals surface area contributed by atoms with Gasteiger partial charge in [0.15, 0.2) is 17.3 Å². The number of amides is 1. The van der Waals surface area contributed by atoms with Crippen molar-refractivity contribution in [3.8, 4) is 11.5 Å². The predicted molar refractivity (Wildman–Crippen MR) is 82.2 cm³/mol.